The Bertz CT molecular complexity index is 666. The first-order valence-corrected chi connectivity index (χ1v) is 8.30. The van der Waals surface area contributed by atoms with Crippen LogP contribution in [0.15, 0.2) is 53.0 Å². The molecule has 0 spiro atoms. The van der Waals surface area contributed by atoms with Crippen LogP contribution < -0.4 is 10.6 Å². The smallest absolute Gasteiger partial charge is 0.251 e. The van der Waals surface area contributed by atoms with Crippen molar-refractivity contribution in [1.82, 2.24) is 5.32 Å². The van der Waals surface area contributed by atoms with Crippen LogP contribution in [0, 0.1) is 0 Å². The maximum atomic E-state index is 12.0. The van der Waals surface area contributed by atoms with Gasteiger partial charge in [0.25, 0.3) is 5.91 Å². The summed E-state index contributed by atoms with van der Waals surface area (Å²) in [6.45, 7) is 2.37. The van der Waals surface area contributed by atoms with Gasteiger partial charge >= 0.3 is 0 Å². The minimum Gasteiger partial charge on any atom is -0.352 e. The Morgan fingerprint density at radius 3 is 2.26 bits per heavy atom. The number of carbonyl (C=O) groups is 2. The molecule has 23 heavy (non-hydrogen) atoms. The molecule has 0 saturated carbocycles. The zero-order chi connectivity index (χ0) is 16.7. The van der Waals surface area contributed by atoms with Gasteiger partial charge in [0.05, 0.1) is 0 Å². The van der Waals surface area contributed by atoms with E-state index in [0.717, 1.165) is 16.6 Å². The van der Waals surface area contributed by atoms with Gasteiger partial charge in [-0.1, -0.05) is 35.0 Å². The lowest BCUT2D eigenvalue weighted by Crippen LogP contribution is -2.27. The van der Waals surface area contributed by atoms with Gasteiger partial charge in [-0.15, -0.1) is 0 Å². The molecule has 0 aliphatic heterocycles. The third-order valence-electron chi connectivity index (χ3n) is 3.39. The molecule has 0 unspecified atom stereocenters. The molecule has 120 valence electrons. The Kier molecular flexibility index (Phi) is 6.35. The van der Waals surface area contributed by atoms with Gasteiger partial charge in [-0.3, -0.25) is 9.59 Å². The molecular formula is C18H19BrN2O2. The van der Waals surface area contributed by atoms with Crippen molar-refractivity contribution in [1.29, 1.82) is 0 Å². The number of amides is 2. The number of halogens is 1. The number of hydrogen-bond donors (Lipinski definition) is 2. The molecule has 0 bridgehead atoms. The zero-order valence-corrected chi connectivity index (χ0v) is 14.5. The van der Waals surface area contributed by atoms with Gasteiger partial charge < -0.3 is 10.6 Å². The largest absolute Gasteiger partial charge is 0.352 e. The van der Waals surface area contributed by atoms with Crippen molar-refractivity contribution in [3.05, 3.63) is 64.1 Å². The average Bonchev–Trinajstić information content (AvgIpc) is 2.57. The van der Waals surface area contributed by atoms with Gasteiger partial charge in [0.2, 0.25) is 5.91 Å². The van der Waals surface area contributed by atoms with Crippen molar-refractivity contribution < 1.29 is 9.59 Å². The van der Waals surface area contributed by atoms with Crippen LogP contribution >= 0.6 is 15.9 Å². The van der Waals surface area contributed by atoms with E-state index in [-0.39, 0.29) is 18.2 Å². The highest BCUT2D eigenvalue weighted by Gasteiger charge is 2.07. The summed E-state index contributed by atoms with van der Waals surface area (Å²) in [6.07, 6.45) is 1.17. The SMILES string of the molecule is CCc1ccc(C(=O)NCCC(=O)Nc2ccc(Br)cc2)cc1. The summed E-state index contributed by atoms with van der Waals surface area (Å²) >= 11 is 3.34. The van der Waals surface area contributed by atoms with Gasteiger partial charge in [-0.25, -0.2) is 0 Å². The van der Waals surface area contributed by atoms with Crippen molar-refractivity contribution in [3.63, 3.8) is 0 Å². The van der Waals surface area contributed by atoms with Gasteiger partial charge in [-0.2, -0.15) is 0 Å². The first-order chi connectivity index (χ1) is 11.1. The summed E-state index contributed by atoms with van der Waals surface area (Å²) in [7, 11) is 0. The highest BCUT2D eigenvalue weighted by atomic mass is 79.9. The van der Waals surface area contributed by atoms with E-state index in [1.807, 2.05) is 36.4 Å². The van der Waals surface area contributed by atoms with E-state index in [9.17, 15) is 9.59 Å². The van der Waals surface area contributed by atoms with E-state index in [2.05, 4.69) is 33.5 Å². The van der Waals surface area contributed by atoms with Crippen LogP contribution in [-0.4, -0.2) is 18.4 Å². The molecule has 0 aliphatic carbocycles. The van der Waals surface area contributed by atoms with E-state index in [0.29, 0.717) is 12.1 Å². The lowest BCUT2D eigenvalue weighted by Gasteiger charge is -2.07. The zero-order valence-electron chi connectivity index (χ0n) is 12.9. The molecule has 2 aromatic carbocycles. The standard InChI is InChI=1S/C18H19BrN2O2/c1-2-13-3-5-14(6-4-13)18(23)20-12-11-17(22)21-16-9-7-15(19)8-10-16/h3-10H,2,11-12H2,1H3,(H,20,23)(H,21,22). The molecule has 0 saturated heterocycles. The number of hydrogen-bond acceptors (Lipinski definition) is 2. The van der Waals surface area contributed by atoms with Crippen LogP contribution in [0.4, 0.5) is 5.69 Å². The number of benzene rings is 2. The van der Waals surface area contributed by atoms with Crippen LogP contribution in [0.25, 0.3) is 0 Å². The van der Waals surface area contributed by atoms with Crippen LogP contribution in [-0.2, 0) is 11.2 Å². The predicted octanol–water partition coefficient (Wildman–Crippen LogP) is 3.77. The molecular weight excluding hydrogens is 356 g/mol. The summed E-state index contributed by atoms with van der Waals surface area (Å²) in [4.78, 5) is 23.8. The summed E-state index contributed by atoms with van der Waals surface area (Å²) in [5.74, 6) is -0.293. The van der Waals surface area contributed by atoms with Gasteiger partial charge in [0.15, 0.2) is 0 Å². The first-order valence-electron chi connectivity index (χ1n) is 7.51. The summed E-state index contributed by atoms with van der Waals surface area (Å²) in [6, 6.07) is 14.8. The highest BCUT2D eigenvalue weighted by Crippen LogP contribution is 2.14. The molecule has 0 aromatic heterocycles. The fraction of sp³-hybridized carbons (Fsp3) is 0.222. The molecule has 0 aliphatic rings. The minimum atomic E-state index is -0.163. The molecule has 0 radical (unpaired) electrons. The second-order valence-electron chi connectivity index (χ2n) is 5.11. The van der Waals surface area contributed by atoms with Crippen LogP contribution in [0.3, 0.4) is 0 Å². The quantitative estimate of drug-likeness (QED) is 0.808. The topological polar surface area (TPSA) is 58.2 Å². The van der Waals surface area contributed by atoms with Crippen molar-refractivity contribution in [2.75, 3.05) is 11.9 Å². The number of anilines is 1. The van der Waals surface area contributed by atoms with Crippen LogP contribution in [0.2, 0.25) is 0 Å². The molecule has 5 heteroatoms. The van der Waals surface area contributed by atoms with Crippen LogP contribution in [0.5, 0.6) is 0 Å². The number of nitrogens with one attached hydrogen (secondary N) is 2. The summed E-state index contributed by atoms with van der Waals surface area (Å²) < 4.78 is 0.955. The van der Waals surface area contributed by atoms with Crippen molar-refractivity contribution >= 4 is 33.4 Å². The lowest BCUT2D eigenvalue weighted by molar-refractivity contribution is -0.116. The van der Waals surface area contributed by atoms with Gasteiger partial charge in [-0.05, 0) is 48.4 Å². The maximum absolute atomic E-state index is 12.0. The van der Waals surface area contributed by atoms with Crippen molar-refractivity contribution in [3.8, 4) is 0 Å². The maximum Gasteiger partial charge on any atom is 0.251 e. The Balaban J connectivity index is 1.76. The molecule has 0 atom stereocenters. The van der Waals surface area contributed by atoms with Crippen LogP contribution in [0.1, 0.15) is 29.3 Å². The fourth-order valence-corrected chi connectivity index (χ4v) is 2.30. The highest BCUT2D eigenvalue weighted by molar-refractivity contribution is 9.10. The second-order valence-corrected chi connectivity index (χ2v) is 6.03. The monoisotopic (exact) mass is 374 g/mol. The first kappa shape index (κ1) is 17.2. The van der Waals surface area contributed by atoms with Gasteiger partial charge in [0.1, 0.15) is 0 Å². The Morgan fingerprint density at radius 1 is 1.00 bits per heavy atom. The minimum absolute atomic E-state index is 0.131. The number of aryl methyl sites for hydroxylation is 1. The molecule has 2 aromatic rings. The second kappa shape index (κ2) is 8.48. The van der Waals surface area contributed by atoms with Crippen molar-refractivity contribution in [2.24, 2.45) is 0 Å². The average molecular weight is 375 g/mol. The third kappa shape index (κ3) is 5.53. The van der Waals surface area contributed by atoms with Gasteiger partial charge in [0, 0.05) is 28.7 Å². The molecule has 2 N–H and O–H groups in total. The summed E-state index contributed by atoms with van der Waals surface area (Å²) in [5, 5.41) is 5.54. The molecule has 2 rings (SSSR count). The van der Waals surface area contributed by atoms with E-state index in [1.54, 1.807) is 12.1 Å². The summed E-state index contributed by atoms with van der Waals surface area (Å²) in [5.41, 5.74) is 2.53. The Hall–Kier alpha value is -2.14. The van der Waals surface area contributed by atoms with Crippen molar-refractivity contribution in [2.45, 2.75) is 19.8 Å². The van der Waals surface area contributed by atoms with E-state index >= 15 is 0 Å². The van der Waals surface area contributed by atoms with E-state index in [1.165, 1.54) is 5.56 Å². The molecule has 4 nitrogen and oxygen atoms in total. The normalized spacial score (nSPS) is 10.2. The van der Waals surface area contributed by atoms with E-state index < -0.39 is 0 Å². The number of rotatable bonds is 6. The molecule has 0 heterocycles. The number of carbonyl (C=O) groups excluding carboxylic acids is 2. The van der Waals surface area contributed by atoms with E-state index in [4.69, 9.17) is 0 Å². The molecule has 2 amide bonds. The Labute approximate surface area is 144 Å². The molecule has 0 fully saturated rings. The lowest BCUT2D eigenvalue weighted by atomic mass is 10.1. The Morgan fingerprint density at radius 2 is 1.65 bits per heavy atom. The predicted molar refractivity (Wildman–Crippen MR) is 95.5 cm³/mol. The fourth-order valence-electron chi connectivity index (χ4n) is 2.04. The third-order valence-corrected chi connectivity index (χ3v) is 3.92.